The van der Waals surface area contributed by atoms with Gasteiger partial charge in [-0.1, -0.05) is 12.1 Å². The molecule has 0 saturated carbocycles. The zero-order valence-corrected chi connectivity index (χ0v) is 15.7. The molecule has 4 aromatic heterocycles. The maximum Gasteiger partial charge on any atom is 0.251 e. The van der Waals surface area contributed by atoms with Gasteiger partial charge in [-0.3, -0.25) is 4.79 Å². The number of aromatic nitrogens is 8. The van der Waals surface area contributed by atoms with Crippen molar-refractivity contribution in [2.24, 2.45) is 0 Å². The largest absolute Gasteiger partial charge is 0.345 e. The number of thiophene rings is 1. The number of hydrogen-bond acceptors (Lipinski definition) is 8. The summed E-state index contributed by atoms with van der Waals surface area (Å²) in [6.45, 7) is 0.190. The van der Waals surface area contributed by atoms with E-state index in [1.54, 1.807) is 34.1 Å². The van der Waals surface area contributed by atoms with Crippen LogP contribution in [-0.2, 0) is 6.54 Å². The van der Waals surface area contributed by atoms with E-state index in [0.29, 0.717) is 22.7 Å². The Morgan fingerprint density at radius 3 is 2.90 bits per heavy atom. The van der Waals surface area contributed by atoms with Gasteiger partial charge in [-0.15, -0.1) is 26.6 Å². The molecule has 1 N–H and O–H groups in total. The second kappa shape index (κ2) is 7.20. The minimum absolute atomic E-state index is 0.190. The van der Waals surface area contributed by atoms with Crippen LogP contribution in [0.2, 0.25) is 0 Å². The van der Waals surface area contributed by atoms with Crippen LogP contribution >= 0.6 is 11.3 Å². The minimum atomic E-state index is -0.244. The predicted octanol–water partition coefficient (Wildman–Crippen LogP) is 1.76. The number of benzene rings is 1. The standard InChI is InChI=1S/C18H13N9OS/c28-18(12-3-1-4-13(9-12)26-11-20-24-25-26)19-10-17-22-21-16-7-6-14(23-27(16)17)15-5-2-8-29-15/h1-9,11H,10H2,(H,19,28). The Bertz CT molecular complexity index is 1280. The molecule has 1 amide bonds. The molecule has 0 unspecified atom stereocenters. The van der Waals surface area contributed by atoms with Crippen LogP contribution in [0.4, 0.5) is 0 Å². The molecule has 29 heavy (non-hydrogen) atoms. The molecule has 10 nitrogen and oxygen atoms in total. The van der Waals surface area contributed by atoms with Crippen molar-refractivity contribution in [3.05, 3.63) is 71.6 Å². The van der Waals surface area contributed by atoms with Gasteiger partial charge in [0.1, 0.15) is 12.0 Å². The van der Waals surface area contributed by atoms with Gasteiger partial charge in [0.25, 0.3) is 5.91 Å². The van der Waals surface area contributed by atoms with Crippen LogP contribution in [0.15, 0.2) is 60.2 Å². The van der Waals surface area contributed by atoms with Crippen molar-refractivity contribution >= 4 is 22.9 Å². The number of fused-ring (bicyclic) bond motifs is 1. The average Bonchev–Trinajstić information content (AvgIpc) is 3.53. The smallest absolute Gasteiger partial charge is 0.251 e. The molecule has 0 aliphatic carbocycles. The molecule has 0 radical (unpaired) electrons. The van der Waals surface area contributed by atoms with Crippen molar-refractivity contribution in [1.82, 2.24) is 45.3 Å². The summed E-state index contributed by atoms with van der Waals surface area (Å²) in [5.74, 6) is 0.300. The molecule has 0 saturated heterocycles. The highest BCUT2D eigenvalue weighted by atomic mass is 32.1. The van der Waals surface area contributed by atoms with Gasteiger partial charge in [-0.05, 0) is 52.2 Å². The van der Waals surface area contributed by atoms with Crippen LogP contribution in [0.25, 0.3) is 21.9 Å². The average molecular weight is 403 g/mol. The second-order valence-electron chi connectivity index (χ2n) is 6.07. The summed E-state index contributed by atoms with van der Waals surface area (Å²) < 4.78 is 3.13. The zero-order chi connectivity index (χ0) is 19.6. The number of nitrogens with one attached hydrogen (secondary N) is 1. The summed E-state index contributed by atoms with van der Waals surface area (Å²) in [5.41, 5.74) is 2.63. The molecule has 142 valence electrons. The molecule has 0 aliphatic heterocycles. The Hall–Kier alpha value is -3.99. The Balaban J connectivity index is 1.36. The van der Waals surface area contributed by atoms with Crippen LogP contribution in [-0.4, -0.2) is 45.9 Å². The normalized spacial score (nSPS) is 11.0. The summed E-state index contributed by atoms with van der Waals surface area (Å²) in [7, 11) is 0. The van der Waals surface area contributed by atoms with E-state index in [0.717, 1.165) is 10.6 Å². The quantitative estimate of drug-likeness (QED) is 0.475. The molecule has 0 bridgehead atoms. The number of nitrogens with zero attached hydrogens (tertiary/aromatic N) is 8. The van der Waals surface area contributed by atoms with Crippen molar-refractivity contribution in [2.75, 3.05) is 0 Å². The predicted molar refractivity (Wildman–Crippen MR) is 104 cm³/mol. The first-order valence-electron chi connectivity index (χ1n) is 8.65. The van der Waals surface area contributed by atoms with Crippen LogP contribution in [0.1, 0.15) is 16.2 Å². The number of hydrogen-bond donors (Lipinski definition) is 1. The van der Waals surface area contributed by atoms with Gasteiger partial charge in [-0.25, -0.2) is 4.68 Å². The van der Waals surface area contributed by atoms with Crippen molar-refractivity contribution in [2.45, 2.75) is 6.54 Å². The number of tetrazole rings is 1. The van der Waals surface area contributed by atoms with E-state index in [9.17, 15) is 4.79 Å². The molecule has 0 atom stereocenters. The molecule has 11 heteroatoms. The summed E-state index contributed by atoms with van der Waals surface area (Å²) in [6.07, 6.45) is 1.47. The molecule has 5 aromatic rings. The highest BCUT2D eigenvalue weighted by molar-refractivity contribution is 7.13. The number of rotatable bonds is 5. The van der Waals surface area contributed by atoms with Gasteiger partial charge < -0.3 is 5.32 Å². The first-order valence-corrected chi connectivity index (χ1v) is 9.53. The molecule has 4 heterocycles. The second-order valence-corrected chi connectivity index (χ2v) is 7.02. The summed E-state index contributed by atoms with van der Waals surface area (Å²) in [6, 6.07) is 14.8. The van der Waals surface area contributed by atoms with E-state index in [-0.39, 0.29) is 12.5 Å². The molecular formula is C18H13N9OS. The van der Waals surface area contributed by atoms with Crippen LogP contribution < -0.4 is 5.32 Å². The molecular weight excluding hydrogens is 390 g/mol. The lowest BCUT2D eigenvalue weighted by Gasteiger charge is -2.06. The molecule has 0 fully saturated rings. The van der Waals surface area contributed by atoms with Crippen molar-refractivity contribution in [3.63, 3.8) is 0 Å². The Kier molecular flexibility index (Phi) is 4.26. The molecule has 5 rings (SSSR count). The number of carbonyl (C=O) groups is 1. The molecule has 0 aliphatic rings. The lowest BCUT2D eigenvalue weighted by Crippen LogP contribution is -2.24. The first-order chi connectivity index (χ1) is 14.3. The van der Waals surface area contributed by atoms with Crippen LogP contribution in [0.5, 0.6) is 0 Å². The fraction of sp³-hybridized carbons (Fsp3) is 0.0556. The lowest BCUT2D eigenvalue weighted by atomic mass is 10.2. The SMILES string of the molecule is O=C(NCc1nnc2ccc(-c3cccs3)nn12)c1cccc(-n2cnnn2)c1. The Morgan fingerprint density at radius 1 is 1.10 bits per heavy atom. The first kappa shape index (κ1) is 17.1. The van der Waals surface area contributed by atoms with E-state index in [1.807, 2.05) is 35.7 Å². The minimum Gasteiger partial charge on any atom is -0.345 e. The van der Waals surface area contributed by atoms with Gasteiger partial charge in [-0.2, -0.15) is 9.61 Å². The highest BCUT2D eigenvalue weighted by Gasteiger charge is 2.12. The van der Waals surface area contributed by atoms with Crippen molar-refractivity contribution in [3.8, 4) is 16.3 Å². The van der Waals surface area contributed by atoms with E-state index in [1.165, 1.54) is 11.0 Å². The monoisotopic (exact) mass is 403 g/mol. The van der Waals surface area contributed by atoms with Crippen LogP contribution in [0.3, 0.4) is 0 Å². The van der Waals surface area contributed by atoms with Gasteiger partial charge >= 0.3 is 0 Å². The van der Waals surface area contributed by atoms with Gasteiger partial charge in [0.2, 0.25) is 0 Å². The fourth-order valence-corrected chi connectivity index (χ4v) is 3.52. The summed E-state index contributed by atoms with van der Waals surface area (Å²) in [4.78, 5) is 13.7. The van der Waals surface area contributed by atoms with Crippen LogP contribution in [0, 0.1) is 0 Å². The highest BCUT2D eigenvalue weighted by Crippen LogP contribution is 2.22. The maximum atomic E-state index is 12.6. The lowest BCUT2D eigenvalue weighted by molar-refractivity contribution is 0.0949. The van der Waals surface area contributed by atoms with Crippen molar-refractivity contribution < 1.29 is 4.79 Å². The van der Waals surface area contributed by atoms with Gasteiger partial charge in [0.05, 0.1) is 17.1 Å². The fourth-order valence-electron chi connectivity index (χ4n) is 2.83. The Labute approximate surface area is 167 Å². The van der Waals surface area contributed by atoms with E-state index >= 15 is 0 Å². The third-order valence-electron chi connectivity index (χ3n) is 4.23. The third kappa shape index (κ3) is 3.34. The maximum absolute atomic E-state index is 12.6. The van der Waals surface area contributed by atoms with Crippen molar-refractivity contribution in [1.29, 1.82) is 0 Å². The molecule has 1 aromatic carbocycles. The zero-order valence-electron chi connectivity index (χ0n) is 14.9. The van der Waals surface area contributed by atoms with E-state index in [4.69, 9.17) is 0 Å². The summed E-state index contributed by atoms with van der Waals surface area (Å²) in [5, 5.41) is 28.8. The third-order valence-corrected chi connectivity index (χ3v) is 5.12. The van der Waals surface area contributed by atoms with Gasteiger partial charge in [0, 0.05) is 5.56 Å². The van der Waals surface area contributed by atoms with E-state index < -0.39 is 0 Å². The summed E-state index contributed by atoms with van der Waals surface area (Å²) >= 11 is 1.61. The number of amides is 1. The Morgan fingerprint density at radius 2 is 2.07 bits per heavy atom. The topological polar surface area (TPSA) is 116 Å². The van der Waals surface area contributed by atoms with Gasteiger partial charge in [0.15, 0.2) is 11.5 Å². The molecule has 0 spiro atoms. The number of carbonyl (C=O) groups excluding carboxylic acids is 1. The van der Waals surface area contributed by atoms with E-state index in [2.05, 4.69) is 36.1 Å².